The van der Waals surface area contributed by atoms with E-state index in [1.54, 1.807) is 31.4 Å². The Balaban J connectivity index is 2.60. The highest BCUT2D eigenvalue weighted by molar-refractivity contribution is 7.99. The first-order valence-electron chi connectivity index (χ1n) is 7.51. The van der Waals surface area contributed by atoms with Crippen molar-refractivity contribution in [1.82, 2.24) is 4.98 Å². The van der Waals surface area contributed by atoms with Crippen molar-refractivity contribution in [2.45, 2.75) is 5.03 Å². The van der Waals surface area contributed by atoms with Crippen molar-refractivity contribution in [2.24, 2.45) is 0 Å². The van der Waals surface area contributed by atoms with Gasteiger partial charge in [0.05, 0.1) is 24.8 Å². The molecule has 0 unspecified atom stereocenters. The minimum absolute atomic E-state index is 0.0541. The average Bonchev–Trinajstić information content (AvgIpc) is 2.67. The Morgan fingerprint density at radius 2 is 1.85 bits per heavy atom. The molecule has 8 heteroatoms. The molecule has 0 amide bonds. The number of thioether (sulfide) groups is 1. The molecule has 1 aromatic heterocycles. The molecule has 0 bridgehead atoms. The van der Waals surface area contributed by atoms with Crippen LogP contribution in [0.1, 0.15) is 21.5 Å². The first kappa shape index (κ1) is 19.3. The second-order valence-electron chi connectivity index (χ2n) is 5.06. The molecule has 1 heterocycles. The zero-order valence-corrected chi connectivity index (χ0v) is 15.1. The normalized spacial score (nSPS) is 10.0. The van der Waals surface area contributed by atoms with Crippen LogP contribution in [0.15, 0.2) is 29.3 Å². The van der Waals surface area contributed by atoms with Crippen molar-refractivity contribution >= 4 is 23.5 Å². The van der Waals surface area contributed by atoms with Crippen LogP contribution in [0, 0.1) is 22.7 Å². The van der Waals surface area contributed by atoms with Crippen LogP contribution in [0.5, 0.6) is 0 Å². The highest BCUT2D eigenvalue weighted by atomic mass is 32.2. The van der Waals surface area contributed by atoms with Gasteiger partial charge in [-0.15, -0.1) is 11.8 Å². The molecule has 0 spiro atoms. The Bertz CT molecular complexity index is 899. The smallest absolute Gasteiger partial charge is 0.337 e. The summed E-state index contributed by atoms with van der Waals surface area (Å²) in [5.74, 6) is 0.172. The van der Waals surface area contributed by atoms with Crippen LogP contribution in [0.3, 0.4) is 0 Å². The Morgan fingerprint density at radius 1 is 1.19 bits per heavy atom. The van der Waals surface area contributed by atoms with E-state index >= 15 is 0 Å². The predicted molar refractivity (Wildman–Crippen MR) is 97.5 cm³/mol. The van der Waals surface area contributed by atoms with Crippen LogP contribution in [-0.4, -0.2) is 37.5 Å². The van der Waals surface area contributed by atoms with E-state index in [-0.39, 0.29) is 16.9 Å². The quantitative estimate of drug-likeness (QED) is 0.469. The molecule has 0 radical (unpaired) electrons. The number of anilines is 1. The molecule has 2 aromatic rings. The van der Waals surface area contributed by atoms with E-state index in [4.69, 9.17) is 10.5 Å². The number of hydrogen-bond acceptors (Lipinski definition) is 8. The van der Waals surface area contributed by atoms with Gasteiger partial charge in [-0.25, -0.2) is 9.78 Å². The largest absolute Gasteiger partial charge is 0.465 e. The monoisotopic (exact) mass is 368 g/mol. The van der Waals surface area contributed by atoms with E-state index in [1.807, 2.05) is 6.07 Å². The number of nitrogen functional groups attached to an aromatic ring is 1. The number of aromatic nitrogens is 1. The number of ether oxygens (including phenoxy) is 2. The summed E-state index contributed by atoms with van der Waals surface area (Å²) in [7, 11) is 2.88. The van der Waals surface area contributed by atoms with Crippen molar-refractivity contribution in [3.8, 4) is 23.3 Å². The SMILES string of the molecule is COCCSc1nc(N)c(C#N)c(-c2ccc(C(=O)OC)cc2)c1C#N. The van der Waals surface area contributed by atoms with E-state index in [0.29, 0.717) is 34.1 Å². The van der Waals surface area contributed by atoms with Gasteiger partial charge in [-0.05, 0) is 17.7 Å². The summed E-state index contributed by atoms with van der Waals surface area (Å²) < 4.78 is 9.69. The Morgan fingerprint density at radius 3 is 2.38 bits per heavy atom. The number of rotatable bonds is 6. The van der Waals surface area contributed by atoms with Gasteiger partial charge in [0.25, 0.3) is 0 Å². The van der Waals surface area contributed by atoms with E-state index in [9.17, 15) is 15.3 Å². The van der Waals surface area contributed by atoms with Crippen LogP contribution in [0.4, 0.5) is 5.82 Å². The number of hydrogen-bond donors (Lipinski definition) is 1. The number of methoxy groups -OCH3 is 2. The molecule has 0 fully saturated rings. The lowest BCUT2D eigenvalue weighted by Crippen LogP contribution is -2.05. The minimum atomic E-state index is -0.470. The number of carbonyl (C=O) groups excluding carboxylic acids is 1. The van der Waals surface area contributed by atoms with Gasteiger partial charge in [-0.3, -0.25) is 0 Å². The highest BCUT2D eigenvalue weighted by Gasteiger charge is 2.20. The van der Waals surface area contributed by atoms with Gasteiger partial charge in [-0.2, -0.15) is 10.5 Å². The molecule has 7 nitrogen and oxygen atoms in total. The lowest BCUT2D eigenvalue weighted by molar-refractivity contribution is 0.0601. The summed E-state index contributed by atoms with van der Waals surface area (Å²) >= 11 is 1.33. The number of pyridine rings is 1. The van der Waals surface area contributed by atoms with Gasteiger partial charge < -0.3 is 15.2 Å². The molecule has 0 aliphatic rings. The van der Waals surface area contributed by atoms with Crippen LogP contribution in [0.2, 0.25) is 0 Å². The fraction of sp³-hybridized carbons (Fsp3) is 0.222. The lowest BCUT2D eigenvalue weighted by Gasteiger charge is -2.13. The van der Waals surface area contributed by atoms with Crippen LogP contribution < -0.4 is 5.73 Å². The van der Waals surface area contributed by atoms with E-state index in [1.165, 1.54) is 18.9 Å². The number of nitrogens with two attached hydrogens (primary N) is 1. The third-order valence-electron chi connectivity index (χ3n) is 3.54. The van der Waals surface area contributed by atoms with Gasteiger partial charge in [0, 0.05) is 18.4 Å². The molecule has 1 aromatic carbocycles. The fourth-order valence-corrected chi connectivity index (χ4v) is 3.20. The average molecular weight is 368 g/mol. The summed E-state index contributed by atoms with van der Waals surface area (Å²) in [6.45, 7) is 0.486. The molecular formula is C18H16N4O3S. The molecule has 0 aliphatic carbocycles. The summed E-state index contributed by atoms with van der Waals surface area (Å²) in [6.07, 6.45) is 0. The zero-order valence-electron chi connectivity index (χ0n) is 14.3. The third kappa shape index (κ3) is 3.94. The first-order valence-corrected chi connectivity index (χ1v) is 8.50. The van der Waals surface area contributed by atoms with Crippen LogP contribution in [0.25, 0.3) is 11.1 Å². The zero-order chi connectivity index (χ0) is 19.1. The van der Waals surface area contributed by atoms with Crippen molar-refractivity contribution in [1.29, 1.82) is 10.5 Å². The minimum Gasteiger partial charge on any atom is -0.465 e. The Kier molecular flexibility index (Phi) is 6.56. The summed E-state index contributed by atoms with van der Waals surface area (Å²) in [5, 5.41) is 19.6. The summed E-state index contributed by atoms with van der Waals surface area (Å²) in [5.41, 5.74) is 7.69. The number of esters is 1. The summed E-state index contributed by atoms with van der Waals surface area (Å²) in [6, 6.07) is 10.6. The van der Waals surface area contributed by atoms with Gasteiger partial charge in [0.2, 0.25) is 0 Å². The molecule has 2 N–H and O–H groups in total. The Labute approximate surface area is 155 Å². The van der Waals surface area contributed by atoms with Gasteiger partial charge >= 0.3 is 5.97 Å². The maximum Gasteiger partial charge on any atom is 0.337 e. The lowest BCUT2D eigenvalue weighted by atomic mass is 9.96. The second kappa shape index (κ2) is 8.86. The summed E-state index contributed by atoms with van der Waals surface area (Å²) in [4.78, 5) is 15.8. The van der Waals surface area contributed by atoms with Gasteiger partial charge in [0.15, 0.2) is 0 Å². The maximum atomic E-state index is 11.6. The molecule has 0 aliphatic heterocycles. The predicted octanol–water partition coefficient (Wildman–Crippen LogP) is 2.60. The molecule has 0 saturated carbocycles. The molecule has 132 valence electrons. The van der Waals surface area contributed by atoms with Crippen molar-refractivity contribution in [3.05, 3.63) is 41.0 Å². The third-order valence-corrected chi connectivity index (χ3v) is 4.48. The number of benzene rings is 1. The van der Waals surface area contributed by atoms with E-state index < -0.39 is 5.97 Å². The van der Waals surface area contributed by atoms with Gasteiger partial charge in [-0.1, -0.05) is 12.1 Å². The number of nitrogens with zero attached hydrogens (tertiary/aromatic N) is 3. The Hall–Kier alpha value is -3.07. The van der Waals surface area contributed by atoms with Crippen LogP contribution in [-0.2, 0) is 9.47 Å². The van der Waals surface area contributed by atoms with Crippen molar-refractivity contribution < 1.29 is 14.3 Å². The first-order chi connectivity index (χ1) is 12.6. The molecule has 0 atom stereocenters. The topological polar surface area (TPSA) is 122 Å². The maximum absolute atomic E-state index is 11.6. The molecular weight excluding hydrogens is 352 g/mol. The standard InChI is InChI=1S/C18H16N4O3S/c1-24-7-8-26-17-14(10-20)15(13(9-19)16(21)22-17)11-3-5-12(6-4-11)18(23)25-2/h3-6H,7-8H2,1-2H3,(H2,21,22). The van der Waals surface area contributed by atoms with Gasteiger partial charge in [0.1, 0.15) is 28.5 Å². The van der Waals surface area contributed by atoms with Crippen LogP contribution >= 0.6 is 11.8 Å². The van der Waals surface area contributed by atoms with Crippen molar-refractivity contribution in [3.63, 3.8) is 0 Å². The molecule has 0 saturated heterocycles. The second-order valence-corrected chi connectivity index (χ2v) is 6.14. The van der Waals surface area contributed by atoms with Crippen molar-refractivity contribution in [2.75, 3.05) is 32.3 Å². The number of carbonyl (C=O) groups is 1. The number of nitriles is 2. The molecule has 2 rings (SSSR count). The van der Waals surface area contributed by atoms with E-state index in [0.717, 1.165) is 0 Å². The highest BCUT2D eigenvalue weighted by Crippen LogP contribution is 2.35. The fourth-order valence-electron chi connectivity index (χ4n) is 2.30. The van der Waals surface area contributed by atoms with E-state index in [2.05, 4.69) is 15.8 Å². The molecule has 26 heavy (non-hydrogen) atoms.